The van der Waals surface area contributed by atoms with Crippen molar-refractivity contribution in [3.63, 3.8) is 0 Å². The molecule has 0 fully saturated rings. The maximum atomic E-state index is 10.6. The molecule has 0 atom stereocenters. The maximum absolute atomic E-state index is 10.6. The van der Waals surface area contributed by atoms with E-state index < -0.39 is 4.92 Å². The van der Waals surface area contributed by atoms with Crippen LogP contribution in [0.3, 0.4) is 0 Å². The van der Waals surface area contributed by atoms with Crippen molar-refractivity contribution in [3.05, 3.63) is 64.2 Å². The fraction of sp³-hybridized carbons (Fsp3) is 0.188. The largest absolute Gasteiger partial charge is 0.383 e. The molecular weight excluding hydrogens is 294 g/mol. The highest BCUT2D eigenvalue weighted by Crippen LogP contribution is 2.15. The van der Waals surface area contributed by atoms with Gasteiger partial charge >= 0.3 is 0 Å². The third kappa shape index (κ3) is 5.31. The number of nitro benzene ring substituents is 1. The average Bonchev–Trinajstić information content (AvgIpc) is 2.54. The molecule has 0 amide bonds. The molecule has 23 heavy (non-hydrogen) atoms. The van der Waals surface area contributed by atoms with Crippen LogP contribution >= 0.6 is 0 Å². The Balaban J connectivity index is 1.77. The van der Waals surface area contributed by atoms with Gasteiger partial charge in [-0.25, -0.2) is 0 Å². The van der Waals surface area contributed by atoms with Gasteiger partial charge in [-0.3, -0.25) is 15.1 Å². The molecule has 0 aromatic heterocycles. The topological polar surface area (TPSA) is 106 Å². The molecule has 2 aromatic rings. The zero-order valence-electron chi connectivity index (χ0n) is 12.8. The van der Waals surface area contributed by atoms with Crippen molar-refractivity contribution >= 4 is 23.0 Å². The smallest absolute Gasteiger partial charge is 0.269 e. The third-order valence-corrected chi connectivity index (χ3v) is 3.13. The number of rotatable bonds is 6. The number of aliphatic imine (C=N–C) groups is 1. The molecule has 120 valence electrons. The van der Waals surface area contributed by atoms with E-state index in [1.165, 1.54) is 17.7 Å². The predicted molar refractivity (Wildman–Crippen MR) is 92.9 cm³/mol. The fourth-order valence-corrected chi connectivity index (χ4v) is 1.90. The van der Waals surface area contributed by atoms with Gasteiger partial charge in [-0.1, -0.05) is 17.7 Å². The second-order valence-electron chi connectivity index (χ2n) is 4.99. The second-order valence-corrected chi connectivity index (χ2v) is 4.99. The van der Waals surface area contributed by atoms with Crippen LogP contribution in [0.15, 0.2) is 53.5 Å². The predicted octanol–water partition coefficient (Wildman–Crippen LogP) is 2.74. The summed E-state index contributed by atoms with van der Waals surface area (Å²) in [5, 5.41) is 16.7. The molecule has 0 spiro atoms. The number of hydrogen-bond acceptors (Lipinski definition) is 4. The Morgan fingerprint density at radius 3 is 2.35 bits per heavy atom. The number of non-ortho nitro benzene ring substituents is 1. The van der Waals surface area contributed by atoms with Crippen LogP contribution in [-0.2, 0) is 0 Å². The molecule has 2 rings (SSSR count). The van der Waals surface area contributed by atoms with Gasteiger partial charge in [0, 0.05) is 30.1 Å². The summed E-state index contributed by atoms with van der Waals surface area (Å²) in [4.78, 5) is 14.4. The summed E-state index contributed by atoms with van der Waals surface area (Å²) in [6, 6.07) is 14.1. The van der Waals surface area contributed by atoms with E-state index in [0.29, 0.717) is 19.0 Å². The molecule has 0 radical (unpaired) electrons. The zero-order chi connectivity index (χ0) is 16.7. The van der Waals surface area contributed by atoms with Gasteiger partial charge in [0.25, 0.3) is 5.69 Å². The van der Waals surface area contributed by atoms with Crippen LogP contribution in [0.4, 0.5) is 17.1 Å². The van der Waals surface area contributed by atoms with Crippen molar-refractivity contribution in [2.45, 2.75) is 6.92 Å². The number of nitrogens with one attached hydrogen (secondary N) is 2. The summed E-state index contributed by atoms with van der Waals surface area (Å²) < 4.78 is 0. The Morgan fingerprint density at radius 2 is 1.74 bits per heavy atom. The standard InChI is InChI=1S/C16H19N5O2/c1-12-2-4-14(5-3-12)20-16(17)19-11-10-18-13-6-8-15(9-7-13)21(22)23/h2-9,18H,10-11H2,1H3,(H3,17,19,20). The molecule has 0 aliphatic rings. The van der Waals surface area contributed by atoms with Crippen LogP contribution in [0.1, 0.15) is 5.56 Å². The van der Waals surface area contributed by atoms with E-state index in [4.69, 9.17) is 5.73 Å². The monoisotopic (exact) mass is 313 g/mol. The van der Waals surface area contributed by atoms with E-state index in [0.717, 1.165) is 11.4 Å². The molecule has 0 aliphatic heterocycles. The van der Waals surface area contributed by atoms with Gasteiger partial charge < -0.3 is 16.4 Å². The van der Waals surface area contributed by atoms with E-state index in [1.54, 1.807) is 12.1 Å². The van der Waals surface area contributed by atoms with Crippen LogP contribution in [-0.4, -0.2) is 24.0 Å². The zero-order valence-corrected chi connectivity index (χ0v) is 12.8. The van der Waals surface area contributed by atoms with E-state index in [1.807, 2.05) is 31.2 Å². The van der Waals surface area contributed by atoms with Gasteiger partial charge in [0.1, 0.15) is 0 Å². The molecule has 0 aliphatic carbocycles. The lowest BCUT2D eigenvalue weighted by Crippen LogP contribution is -2.23. The molecular formula is C16H19N5O2. The first-order valence-corrected chi connectivity index (χ1v) is 7.16. The van der Waals surface area contributed by atoms with Crippen LogP contribution in [0, 0.1) is 17.0 Å². The third-order valence-electron chi connectivity index (χ3n) is 3.13. The number of guanidine groups is 1. The summed E-state index contributed by atoms with van der Waals surface area (Å²) in [6.07, 6.45) is 0. The number of anilines is 2. The SMILES string of the molecule is Cc1ccc(NC(N)=NCCNc2ccc([N+](=O)[O-])cc2)cc1. The Labute approximate surface area is 134 Å². The van der Waals surface area contributed by atoms with Gasteiger partial charge in [-0.05, 0) is 31.2 Å². The van der Waals surface area contributed by atoms with Crippen molar-refractivity contribution in [1.82, 2.24) is 0 Å². The van der Waals surface area contributed by atoms with Gasteiger partial charge in [0.15, 0.2) is 5.96 Å². The Bertz CT molecular complexity index is 681. The minimum atomic E-state index is -0.425. The van der Waals surface area contributed by atoms with Crippen molar-refractivity contribution < 1.29 is 4.92 Å². The molecule has 0 bridgehead atoms. The van der Waals surface area contributed by atoms with Gasteiger partial charge in [-0.15, -0.1) is 0 Å². The number of hydrogen-bond donors (Lipinski definition) is 3. The number of nitrogens with zero attached hydrogens (tertiary/aromatic N) is 2. The first kappa shape index (κ1) is 16.3. The molecule has 0 saturated carbocycles. The van der Waals surface area contributed by atoms with E-state index in [9.17, 15) is 10.1 Å². The van der Waals surface area contributed by atoms with E-state index in [-0.39, 0.29) is 5.69 Å². The first-order chi connectivity index (χ1) is 11.0. The number of aryl methyl sites for hydroxylation is 1. The molecule has 7 nitrogen and oxygen atoms in total. The summed E-state index contributed by atoms with van der Waals surface area (Å²) >= 11 is 0. The summed E-state index contributed by atoms with van der Waals surface area (Å²) in [5.41, 5.74) is 8.75. The van der Waals surface area contributed by atoms with Crippen LogP contribution in [0.2, 0.25) is 0 Å². The molecule has 4 N–H and O–H groups in total. The molecule has 7 heteroatoms. The quantitative estimate of drug-likeness (QED) is 0.250. The highest BCUT2D eigenvalue weighted by molar-refractivity contribution is 5.92. The number of nitrogens with two attached hydrogens (primary N) is 1. The van der Waals surface area contributed by atoms with Crippen molar-refractivity contribution in [2.75, 3.05) is 23.7 Å². The number of benzene rings is 2. The minimum absolute atomic E-state index is 0.0695. The van der Waals surface area contributed by atoms with E-state index >= 15 is 0 Å². The van der Waals surface area contributed by atoms with Crippen molar-refractivity contribution in [3.8, 4) is 0 Å². The first-order valence-electron chi connectivity index (χ1n) is 7.16. The highest BCUT2D eigenvalue weighted by Gasteiger charge is 2.03. The Morgan fingerprint density at radius 1 is 1.13 bits per heavy atom. The van der Waals surface area contributed by atoms with Gasteiger partial charge in [0.05, 0.1) is 11.5 Å². The van der Waals surface area contributed by atoms with Gasteiger partial charge in [-0.2, -0.15) is 0 Å². The van der Waals surface area contributed by atoms with E-state index in [2.05, 4.69) is 15.6 Å². The van der Waals surface area contributed by atoms with Crippen molar-refractivity contribution in [2.24, 2.45) is 10.7 Å². The highest BCUT2D eigenvalue weighted by atomic mass is 16.6. The Hall–Kier alpha value is -3.09. The average molecular weight is 313 g/mol. The summed E-state index contributed by atoms with van der Waals surface area (Å²) in [7, 11) is 0. The minimum Gasteiger partial charge on any atom is -0.383 e. The molecule has 0 unspecified atom stereocenters. The van der Waals surface area contributed by atoms with Gasteiger partial charge in [0.2, 0.25) is 0 Å². The maximum Gasteiger partial charge on any atom is 0.269 e. The molecule has 0 saturated heterocycles. The number of nitro groups is 1. The fourth-order valence-electron chi connectivity index (χ4n) is 1.90. The summed E-state index contributed by atoms with van der Waals surface area (Å²) in [6.45, 7) is 3.08. The normalized spacial score (nSPS) is 11.1. The molecule has 2 aromatic carbocycles. The van der Waals surface area contributed by atoms with Crippen LogP contribution in [0.25, 0.3) is 0 Å². The Kier molecular flexibility index (Phi) is 5.51. The molecule has 0 heterocycles. The lowest BCUT2D eigenvalue weighted by Gasteiger charge is -2.07. The van der Waals surface area contributed by atoms with Crippen molar-refractivity contribution in [1.29, 1.82) is 0 Å². The van der Waals surface area contributed by atoms with Crippen LogP contribution in [0.5, 0.6) is 0 Å². The second kappa shape index (κ2) is 7.79. The lowest BCUT2D eigenvalue weighted by atomic mass is 10.2. The summed E-state index contributed by atoms with van der Waals surface area (Å²) in [5.74, 6) is 0.347. The lowest BCUT2D eigenvalue weighted by molar-refractivity contribution is -0.384. The van der Waals surface area contributed by atoms with Crippen LogP contribution < -0.4 is 16.4 Å².